The van der Waals surface area contributed by atoms with E-state index in [2.05, 4.69) is 65.1 Å². The number of benzene rings is 1. The lowest BCUT2D eigenvalue weighted by atomic mass is 10.1. The minimum absolute atomic E-state index is 0.302. The smallest absolute Gasteiger partial charge is 0.0721 e. The molecule has 2 unspecified atom stereocenters. The second kappa shape index (κ2) is 8.16. The molecule has 2 rings (SSSR count). The first kappa shape index (κ1) is 16.8. The van der Waals surface area contributed by atoms with Crippen LogP contribution in [-0.2, 0) is 4.74 Å². The Morgan fingerprint density at radius 3 is 3.00 bits per heavy atom. The van der Waals surface area contributed by atoms with Crippen molar-refractivity contribution >= 4 is 21.6 Å². The predicted molar refractivity (Wildman–Crippen MR) is 93.1 cm³/mol. The SMILES string of the molecule is CCCNC(C)c1ccc(N2CCCOC(C)C2)cc1Br. The standard InChI is InChI=1S/C17H27BrN2O/c1-4-8-19-14(3)16-7-6-15(11-17(16)18)20-9-5-10-21-13(2)12-20/h6-7,11,13-14,19H,4-5,8-10,12H2,1-3H3. The number of nitrogens with zero attached hydrogens (tertiary/aromatic N) is 1. The van der Waals surface area contributed by atoms with Crippen LogP contribution in [0.1, 0.15) is 45.2 Å². The van der Waals surface area contributed by atoms with Crippen molar-refractivity contribution in [3.63, 3.8) is 0 Å². The zero-order valence-corrected chi connectivity index (χ0v) is 14.9. The highest BCUT2D eigenvalue weighted by Gasteiger charge is 2.17. The van der Waals surface area contributed by atoms with Gasteiger partial charge in [-0.05, 0) is 50.9 Å². The molecule has 2 atom stereocenters. The van der Waals surface area contributed by atoms with Crippen LogP contribution in [0.2, 0.25) is 0 Å². The first-order chi connectivity index (χ1) is 10.1. The summed E-state index contributed by atoms with van der Waals surface area (Å²) in [4.78, 5) is 2.43. The van der Waals surface area contributed by atoms with Crippen molar-refractivity contribution < 1.29 is 4.74 Å². The van der Waals surface area contributed by atoms with Crippen LogP contribution in [0.5, 0.6) is 0 Å². The van der Waals surface area contributed by atoms with E-state index in [1.54, 1.807) is 0 Å². The predicted octanol–water partition coefficient (Wildman–Crippen LogP) is 4.12. The van der Waals surface area contributed by atoms with Crippen LogP contribution in [0.3, 0.4) is 0 Å². The maximum absolute atomic E-state index is 5.73. The highest BCUT2D eigenvalue weighted by atomic mass is 79.9. The fraction of sp³-hybridized carbons (Fsp3) is 0.647. The van der Waals surface area contributed by atoms with Crippen LogP contribution < -0.4 is 10.2 Å². The number of hydrogen-bond donors (Lipinski definition) is 1. The van der Waals surface area contributed by atoms with Gasteiger partial charge in [-0.1, -0.05) is 28.9 Å². The zero-order chi connectivity index (χ0) is 15.2. The van der Waals surface area contributed by atoms with Gasteiger partial charge < -0.3 is 15.0 Å². The van der Waals surface area contributed by atoms with E-state index in [-0.39, 0.29) is 0 Å². The lowest BCUT2D eigenvalue weighted by Gasteiger charge is -2.25. The Morgan fingerprint density at radius 1 is 1.48 bits per heavy atom. The van der Waals surface area contributed by atoms with Gasteiger partial charge in [0.15, 0.2) is 0 Å². The largest absolute Gasteiger partial charge is 0.377 e. The molecule has 1 heterocycles. The molecule has 0 aliphatic carbocycles. The van der Waals surface area contributed by atoms with E-state index in [0.717, 1.165) is 39.1 Å². The number of anilines is 1. The van der Waals surface area contributed by atoms with E-state index in [9.17, 15) is 0 Å². The van der Waals surface area contributed by atoms with Crippen LogP contribution in [0.4, 0.5) is 5.69 Å². The molecule has 3 nitrogen and oxygen atoms in total. The third-order valence-electron chi connectivity index (χ3n) is 3.97. The monoisotopic (exact) mass is 354 g/mol. The van der Waals surface area contributed by atoms with Crippen molar-refractivity contribution in [1.82, 2.24) is 5.32 Å². The molecule has 1 saturated heterocycles. The van der Waals surface area contributed by atoms with Gasteiger partial charge >= 0.3 is 0 Å². The zero-order valence-electron chi connectivity index (χ0n) is 13.4. The molecular weight excluding hydrogens is 328 g/mol. The van der Waals surface area contributed by atoms with Crippen molar-refractivity contribution in [2.24, 2.45) is 0 Å². The van der Waals surface area contributed by atoms with E-state index < -0.39 is 0 Å². The molecule has 0 amide bonds. The molecule has 0 bridgehead atoms. The van der Waals surface area contributed by atoms with Crippen molar-refractivity contribution in [3.05, 3.63) is 28.2 Å². The van der Waals surface area contributed by atoms with E-state index in [1.165, 1.54) is 15.7 Å². The Labute approximate surface area is 137 Å². The average molecular weight is 355 g/mol. The Bertz CT molecular complexity index is 452. The lowest BCUT2D eigenvalue weighted by molar-refractivity contribution is 0.0821. The number of halogens is 1. The maximum atomic E-state index is 5.73. The summed E-state index contributed by atoms with van der Waals surface area (Å²) in [5, 5.41) is 3.54. The molecule has 1 aliphatic heterocycles. The second-order valence-corrected chi connectivity index (χ2v) is 6.72. The Balaban J connectivity index is 2.10. The van der Waals surface area contributed by atoms with Gasteiger partial charge in [0.1, 0.15) is 0 Å². The van der Waals surface area contributed by atoms with E-state index in [1.807, 2.05) is 0 Å². The minimum atomic E-state index is 0.302. The quantitative estimate of drug-likeness (QED) is 0.860. The average Bonchev–Trinajstić information content (AvgIpc) is 2.69. The Morgan fingerprint density at radius 2 is 2.29 bits per heavy atom. The molecule has 1 aromatic rings. The second-order valence-electron chi connectivity index (χ2n) is 5.86. The molecule has 0 spiro atoms. The summed E-state index contributed by atoms with van der Waals surface area (Å²) < 4.78 is 6.92. The fourth-order valence-corrected chi connectivity index (χ4v) is 3.47. The number of rotatable bonds is 5. The summed E-state index contributed by atoms with van der Waals surface area (Å²) in [7, 11) is 0. The summed E-state index contributed by atoms with van der Waals surface area (Å²) in [6, 6.07) is 7.10. The topological polar surface area (TPSA) is 24.5 Å². The first-order valence-electron chi connectivity index (χ1n) is 8.01. The fourth-order valence-electron chi connectivity index (χ4n) is 2.76. The van der Waals surface area contributed by atoms with Gasteiger partial charge in [-0.3, -0.25) is 0 Å². The van der Waals surface area contributed by atoms with E-state index in [0.29, 0.717) is 12.1 Å². The van der Waals surface area contributed by atoms with Gasteiger partial charge in [0.05, 0.1) is 6.10 Å². The molecule has 1 fully saturated rings. The normalized spacial score (nSPS) is 21.1. The summed E-state index contributed by atoms with van der Waals surface area (Å²) in [5.41, 5.74) is 2.61. The highest BCUT2D eigenvalue weighted by Crippen LogP contribution is 2.29. The summed E-state index contributed by atoms with van der Waals surface area (Å²) >= 11 is 3.74. The van der Waals surface area contributed by atoms with Crippen LogP contribution in [0.25, 0.3) is 0 Å². The minimum Gasteiger partial charge on any atom is -0.377 e. The van der Waals surface area contributed by atoms with E-state index in [4.69, 9.17) is 4.74 Å². The molecule has 0 saturated carbocycles. The number of ether oxygens (including phenoxy) is 1. The molecule has 1 aliphatic rings. The molecule has 0 radical (unpaired) electrons. The van der Waals surface area contributed by atoms with Crippen molar-refractivity contribution in [3.8, 4) is 0 Å². The lowest BCUT2D eigenvalue weighted by Crippen LogP contribution is -2.30. The van der Waals surface area contributed by atoms with Crippen LogP contribution >= 0.6 is 15.9 Å². The van der Waals surface area contributed by atoms with Gasteiger partial charge in [0.2, 0.25) is 0 Å². The van der Waals surface area contributed by atoms with Crippen LogP contribution in [0.15, 0.2) is 22.7 Å². The van der Waals surface area contributed by atoms with Gasteiger partial charge in [0.25, 0.3) is 0 Å². The molecule has 1 aromatic carbocycles. The Kier molecular flexibility index (Phi) is 6.52. The van der Waals surface area contributed by atoms with Gasteiger partial charge in [0, 0.05) is 35.9 Å². The third kappa shape index (κ3) is 4.70. The van der Waals surface area contributed by atoms with E-state index >= 15 is 0 Å². The van der Waals surface area contributed by atoms with Crippen LogP contribution in [-0.4, -0.2) is 32.3 Å². The highest BCUT2D eigenvalue weighted by molar-refractivity contribution is 9.10. The van der Waals surface area contributed by atoms with Crippen LogP contribution in [0, 0.1) is 0 Å². The van der Waals surface area contributed by atoms with Crippen molar-refractivity contribution in [2.75, 3.05) is 31.1 Å². The van der Waals surface area contributed by atoms with Gasteiger partial charge in [-0.2, -0.15) is 0 Å². The maximum Gasteiger partial charge on any atom is 0.0721 e. The molecule has 4 heteroatoms. The summed E-state index contributed by atoms with van der Waals surface area (Å²) in [6.45, 7) is 10.5. The molecule has 21 heavy (non-hydrogen) atoms. The molecule has 118 valence electrons. The van der Waals surface area contributed by atoms with Crippen molar-refractivity contribution in [2.45, 2.75) is 45.8 Å². The first-order valence-corrected chi connectivity index (χ1v) is 8.80. The summed E-state index contributed by atoms with van der Waals surface area (Å²) in [6.07, 6.45) is 2.56. The third-order valence-corrected chi connectivity index (χ3v) is 4.66. The van der Waals surface area contributed by atoms with Gasteiger partial charge in [-0.15, -0.1) is 0 Å². The molecular formula is C17H27BrN2O. The van der Waals surface area contributed by atoms with Crippen molar-refractivity contribution in [1.29, 1.82) is 0 Å². The number of nitrogens with one attached hydrogen (secondary N) is 1. The van der Waals surface area contributed by atoms with Gasteiger partial charge in [-0.25, -0.2) is 0 Å². The summed E-state index contributed by atoms with van der Waals surface area (Å²) in [5.74, 6) is 0. The molecule has 1 N–H and O–H groups in total. The molecule has 0 aromatic heterocycles. The number of hydrogen-bond acceptors (Lipinski definition) is 3. The Hall–Kier alpha value is -0.580.